The third-order valence-corrected chi connectivity index (χ3v) is 5.42. The van der Waals surface area contributed by atoms with E-state index < -0.39 is 12.1 Å². The average Bonchev–Trinajstić information content (AvgIpc) is 2.95. The lowest BCUT2D eigenvalue weighted by Crippen LogP contribution is -2.41. The van der Waals surface area contributed by atoms with E-state index in [1.54, 1.807) is 48.5 Å². The minimum Gasteiger partial charge on any atom is -0.493 e. The van der Waals surface area contributed by atoms with E-state index in [4.69, 9.17) is 30.5 Å². The quantitative estimate of drug-likeness (QED) is 0.291. The van der Waals surface area contributed by atoms with Crippen LogP contribution in [0.1, 0.15) is 15.9 Å². The maximum Gasteiger partial charge on any atom is 0.490 e. The third-order valence-electron chi connectivity index (χ3n) is 5.42. The van der Waals surface area contributed by atoms with Crippen molar-refractivity contribution in [3.05, 3.63) is 59.7 Å². The normalized spacial score (nSPS) is 13.3. The number of hydrogen-bond donors (Lipinski definition) is 3. The molecule has 2 amide bonds. The molecule has 2 aromatic rings. The van der Waals surface area contributed by atoms with Crippen LogP contribution in [0.25, 0.3) is 6.08 Å². The molecule has 10 nitrogen and oxygen atoms in total. The number of para-hydroxylation sites is 1. The molecule has 0 aliphatic carbocycles. The van der Waals surface area contributed by atoms with Gasteiger partial charge in [0.25, 0.3) is 5.91 Å². The third kappa shape index (κ3) is 11.6. The molecule has 1 fully saturated rings. The van der Waals surface area contributed by atoms with Crippen LogP contribution in [0, 0.1) is 12.3 Å². The predicted octanol–water partition coefficient (Wildman–Crippen LogP) is 3.05. The Balaban J connectivity index is 0.000000745. The first-order valence-electron chi connectivity index (χ1n) is 12.3. The van der Waals surface area contributed by atoms with Gasteiger partial charge in [0.05, 0.1) is 31.6 Å². The Morgan fingerprint density at radius 3 is 2.46 bits per heavy atom. The number of terminal acetylenes is 1. The van der Waals surface area contributed by atoms with Gasteiger partial charge in [0.15, 0.2) is 11.5 Å². The van der Waals surface area contributed by atoms with Gasteiger partial charge in [-0.1, -0.05) is 24.1 Å². The van der Waals surface area contributed by atoms with E-state index in [2.05, 4.69) is 21.5 Å². The first kappa shape index (κ1) is 32.7. The summed E-state index contributed by atoms with van der Waals surface area (Å²) in [4.78, 5) is 36.3. The molecule has 0 radical (unpaired) electrons. The van der Waals surface area contributed by atoms with Gasteiger partial charge in [0.1, 0.15) is 6.61 Å². The van der Waals surface area contributed by atoms with Crippen LogP contribution in [0.2, 0.25) is 0 Å². The zero-order valence-corrected chi connectivity index (χ0v) is 22.2. The number of nitrogens with one attached hydrogen (secondary N) is 2. The molecule has 0 saturated carbocycles. The monoisotopic (exact) mass is 577 g/mol. The van der Waals surface area contributed by atoms with E-state index in [0.29, 0.717) is 42.5 Å². The molecule has 0 bridgehead atoms. The Kier molecular flexibility index (Phi) is 13.2. The molecule has 1 aliphatic heterocycles. The molecule has 0 spiro atoms. The largest absolute Gasteiger partial charge is 0.493 e. The number of ether oxygens (including phenoxy) is 3. The average molecular weight is 578 g/mol. The molecule has 3 N–H and O–H groups in total. The van der Waals surface area contributed by atoms with Gasteiger partial charge in [0.2, 0.25) is 5.91 Å². The van der Waals surface area contributed by atoms with Crippen molar-refractivity contribution in [1.82, 2.24) is 10.2 Å². The molecule has 0 unspecified atom stereocenters. The van der Waals surface area contributed by atoms with Gasteiger partial charge in [-0.3, -0.25) is 14.5 Å². The van der Waals surface area contributed by atoms with Crippen LogP contribution >= 0.6 is 0 Å². The highest BCUT2D eigenvalue weighted by Crippen LogP contribution is 2.28. The molecule has 0 aromatic heterocycles. The van der Waals surface area contributed by atoms with Crippen LogP contribution in [0.5, 0.6) is 11.5 Å². The van der Waals surface area contributed by atoms with Crippen molar-refractivity contribution in [2.75, 3.05) is 58.4 Å². The summed E-state index contributed by atoms with van der Waals surface area (Å²) < 4.78 is 47.8. The van der Waals surface area contributed by atoms with Crippen molar-refractivity contribution >= 4 is 29.5 Å². The molecule has 3 rings (SSSR count). The number of halogens is 3. The van der Waals surface area contributed by atoms with E-state index in [0.717, 1.165) is 25.2 Å². The number of amides is 2. The van der Waals surface area contributed by atoms with Crippen LogP contribution in [0.15, 0.2) is 48.5 Å². The molecule has 13 heteroatoms. The SMILES string of the molecule is C#CCOc1ccc(/C=C/C(=O)Nc2ccccc2C(=O)NCCN2CCOCC2)cc1OC.O=C(O)C(F)(F)F. The number of alkyl halides is 3. The number of rotatable bonds is 10. The lowest BCUT2D eigenvalue weighted by molar-refractivity contribution is -0.192. The maximum atomic E-state index is 12.7. The highest BCUT2D eigenvalue weighted by molar-refractivity contribution is 6.07. The van der Waals surface area contributed by atoms with Crippen LogP contribution in [-0.4, -0.2) is 87.1 Å². The number of carboxylic acids is 1. The molecule has 1 saturated heterocycles. The van der Waals surface area contributed by atoms with Gasteiger partial charge in [0, 0.05) is 32.3 Å². The van der Waals surface area contributed by atoms with Crippen LogP contribution in [0.4, 0.5) is 18.9 Å². The molecule has 1 heterocycles. The zero-order chi connectivity index (χ0) is 30.3. The summed E-state index contributed by atoms with van der Waals surface area (Å²) in [5, 5.41) is 12.8. The summed E-state index contributed by atoms with van der Waals surface area (Å²) >= 11 is 0. The second-order valence-electron chi connectivity index (χ2n) is 8.28. The Morgan fingerprint density at radius 2 is 1.83 bits per heavy atom. The minimum absolute atomic E-state index is 0.133. The van der Waals surface area contributed by atoms with Crippen LogP contribution in [-0.2, 0) is 14.3 Å². The fraction of sp³-hybridized carbons (Fsp3) is 0.321. The minimum atomic E-state index is -5.08. The summed E-state index contributed by atoms with van der Waals surface area (Å²) in [5.41, 5.74) is 1.59. The molecule has 0 atom stereocenters. The topological polar surface area (TPSA) is 126 Å². The number of nitrogens with zero attached hydrogens (tertiary/aromatic N) is 1. The number of hydrogen-bond acceptors (Lipinski definition) is 7. The summed E-state index contributed by atoms with van der Waals surface area (Å²) in [6.07, 6.45) is 3.18. The number of carbonyl (C=O) groups is 3. The number of benzene rings is 2. The Morgan fingerprint density at radius 1 is 1.15 bits per heavy atom. The second kappa shape index (κ2) is 16.5. The number of carbonyl (C=O) groups excluding carboxylic acids is 2. The van der Waals surface area contributed by atoms with Gasteiger partial charge < -0.3 is 30.0 Å². The van der Waals surface area contributed by atoms with E-state index in [1.165, 1.54) is 13.2 Å². The number of carboxylic acid groups (broad SMARTS) is 1. The predicted molar refractivity (Wildman–Crippen MR) is 145 cm³/mol. The number of morpholine rings is 1. The Labute approximate surface area is 235 Å². The van der Waals surface area contributed by atoms with E-state index in [1.807, 2.05) is 0 Å². The van der Waals surface area contributed by atoms with Crippen molar-refractivity contribution in [3.63, 3.8) is 0 Å². The standard InChI is InChI=1S/C26H29N3O5.C2HF3O2/c1-3-16-34-23-10-8-20(19-24(23)32-2)9-11-25(30)28-22-7-5-4-6-21(22)26(31)27-12-13-29-14-17-33-18-15-29;3-2(4,5)1(6)7/h1,4-11,19H,12-18H2,2H3,(H,27,31)(H,28,30);(H,6,7)/b11-9+;. The molecule has 41 heavy (non-hydrogen) atoms. The van der Waals surface area contributed by atoms with Crippen molar-refractivity contribution in [2.45, 2.75) is 6.18 Å². The van der Waals surface area contributed by atoms with Gasteiger partial charge in [-0.25, -0.2) is 4.79 Å². The fourth-order valence-electron chi connectivity index (χ4n) is 3.41. The number of anilines is 1. The van der Waals surface area contributed by atoms with E-state index in [-0.39, 0.29) is 18.4 Å². The lowest BCUT2D eigenvalue weighted by atomic mass is 10.1. The first-order valence-corrected chi connectivity index (χ1v) is 12.3. The van der Waals surface area contributed by atoms with Gasteiger partial charge in [-0.2, -0.15) is 13.2 Å². The van der Waals surface area contributed by atoms with Crippen LogP contribution < -0.4 is 20.1 Å². The number of methoxy groups -OCH3 is 1. The zero-order valence-electron chi connectivity index (χ0n) is 22.2. The van der Waals surface area contributed by atoms with Gasteiger partial charge in [-0.05, 0) is 35.9 Å². The maximum absolute atomic E-state index is 12.7. The fourth-order valence-corrected chi connectivity index (χ4v) is 3.41. The van der Waals surface area contributed by atoms with Gasteiger partial charge >= 0.3 is 12.1 Å². The first-order chi connectivity index (χ1) is 19.5. The second-order valence-corrected chi connectivity index (χ2v) is 8.28. The van der Waals surface area contributed by atoms with Crippen molar-refractivity contribution in [2.24, 2.45) is 0 Å². The number of aliphatic carboxylic acids is 1. The summed E-state index contributed by atoms with van der Waals surface area (Å²) in [6, 6.07) is 12.2. The summed E-state index contributed by atoms with van der Waals surface area (Å²) in [5.74, 6) is 0.0852. The molecular weight excluding hydrogens is 547 g/mol. The molecule has 1 aliphatic rings. The van der Waals surface area contributed by atoms with E-state index in [9.17, 15) is 22.8 Å². The van der Waals surface area contributed by atoms with Crippen molar-refractivity contribution in [1.29, 1.82) is 0 Å². The van der Waals surface area contributed by atoms with Crippen molar-refractivity contribution < 1.29 is 46.9 Å². The lowest BCUT2D eigenvalue weighted by Gasteiger charge is -2.26. The van der Waals surface area contributed by atoms with Crippen LogP contribution in [0.3, 0.4) is 0 Å². The van der Waals surface area contributed by atoms with Crippen molar-refractivity contribution in [3.8, 4) is 23.8 Å². The summed E-state index contributed by atoms with van der Waals surface area (Å²) in [7, 11) is 1.53. The molecule has 220 valence electrons. The highest BCUT2D eigenvalue weighted by atomic mass is 19.4. The van der Waals surface area contributed by atoms with E-state index >= 15 is 0 Å². The highest BCUT2D eigenvalue weighted by Gasteiger charge is 2.38. The smallest absolute Gasteiger partial charge is 0.490 e. The van der Waals surface area contributed by atoms with Gasteiger partial charge in [-0.15, -0.1) is 6.42 Å². The Bertz CT molecular complexity index is 1250. The molecule has 2 aromatic carbocycles. The summed E-state index contributed by atoms with van der Waals surface area (Å²) in [6.45, 7) is 4.56. The molecular formula is C28H30F3N3O7. The Hall–Kier alpha value is -4.54.